The number of carbonyl (C=O) groups excluding carboxylic acids is 2. The highest BCUT2D eigenvalue weighted by atomic mass is 16.5. The topological polar surface area (TPSA) is 84.7 Å². The maximum absolute atomic E-state index is 11.9. The number of anilines is 1. The third-order valence-electron chi connectivity index (χ3n) is 4.42. The molecular formula is C22H22N4O3. The highest BCUT2D eigenvalue weighted by Crippen LogP contribution is 2.20. The molecule has 29 heavy (non-hydrogen) atoms. The lowest BCUT2D eigenvalue weighted by atomic mass is 10.2. The Kier molecular flexibility index (Phi) is 6.09. The number of aryl methyl sites for hydroxylation is 1. The van der Waals surface area contributed by atoms with Crippen LogP contribution in [0.2, 0.25) is 0 Å². The molecular weight excluding hydrogens is 368 g/mol. The summed E-state index contributed by atoms with van der Waals surface area (Å²) in [6.07, 6.45) is 1.60. The van der Waals surface area contributed by atoms with Crippen molar-refractivity contribution in [2.24, 2.45) is 5.10 Å². The van der Waals surface area contributed by atoms with Crippen LogP contribution in [0.25, 0.3) is 5.69 Å². The summed E-state index contributed by atoms with van der Waals surface area (Å²) in [4.78, 5) is 23.5. The molecule has 0 bridgehead atoms. The molecule has 0 saturated heterocycles. The van der Waals surface area contributed by atoms with Crippen molar-refractivity contribution in [2.75, 3.05) is 12.4 Å². The van der Waals surface area contributed by atoms with Gasteiger partial charge in [0.1, 0.15) is 0 Å². The zero-order valence-electron chi connectivity index (χ0n) is 16.5. The van der Waals surface area contributed by atoms with Gasteiger partial charge in [0.15, 0.2) is 0 Å². The highest BCUT2D eigenvalue weighted by Gasteiger charge is 2.11. The molecule has 0 aliphatic heterocycles. The van der Waals surface area contributed by atoms with Gasteiger partial charge in [-0.25, -0.2) is 15.0 Å². The Hall–Kier alpha value is -3.87. The van der Waals surface area contributed by atoms with Crippen LogP contribution in [0.3, 0.4) is 0 Å². The number of hydrazone groups is 1. The number of benzene rings is 2. The third kappa shape index (κ3) is 4.70. The number of esters is 1. The average molecular weight is 390 g/mol. The highest BCUT2D eigenvalue weighted by molar-refractivity contribution is 5.91. The van der Waals surface area contributed by atoms with Crippen molar-refractivity contribution < 1.29 is 14.3 Å². The minimum absolute atomic E-state index is 0.370. The van der Waals surface area contributed by atoms with E-state index in [1.165, 1.54) is 7.11 Å². The first kappa shape index (κ1) is 19.9. The fraction of sp³-hybridized carbons (Fsp3) is 0.136. The lowest BCUT2D eigenvalue weighted by Crippen LogP contribution is -2.24. The zero-order valence-corrected chi connectivity index (χ0v) is 16.5. The summed E-state index contributed by atoms with van der Waals surface area (Å²) in [5.74, 6) is -0.370. The van der Waals surface area contributed by atoms with Crippen molar-refractivity contribution in [3.05, 3.63) is 83.2 Å². The quantitative estimate of drug-likeness (QED) is 0.392. The number of hydrogen-bond donors (Lipinski definition) is 2. The molecule has 0 fully saturated rings. The Bertz CT molecular complexity index is 1040. The van der Waals surface area contributed by atoms with E-state index in [1.54, 1.807) is 30.5 Å². The van der Waals surface area contributed by atoms with E-state index >= 15 is 0 Å². The van der Waals surface area contributed by atoms with Crippen LogP contribution in [-0.2, 0) is 4.74 Å². The van der Waals surface area contributed by atoms with Crippen molar-refractivity contribution in [3.8, 4) is 5.69 Å². The number of urea groups is 1. The number of hydrogen-bond acceptors (Lipinski definition) is 4. The van der Waals surface area contributed by atoms with E-state index in [0.29, 0.717) is 11.3 Å². The molecule has 0 aliphatic rings. The Morgan fingerprint density at radius 2 is 1.72 bits per heavy atom. The van der Waals surface area contributed by atoms with Gasteiger partial charge < -0.3 is 14.6 Å². The molecule has 3 aromatic rings. The lowest BCUT2D eigenvalue weighted by Gasteiger charge is -2.10. The second-order valence-electron chi connectivity index (χ2n) is 6.39. The fourth-order valence-corrected chi connectivity index (χ4v) is 3.02. The van der Waals surface area contributed by atoms with Crippen LogP contribution in [0.15, 0.2) is 65.8 Å². The number of nitrogens with zero attached hydrogens (tertiary/aromatic N) is 2. The van der Waals surface area contributed by atoms with Crippen molar-refractivity contribution in [3.63, 3.8) is 0 Å². The summed E-state index contributed by atoms with van der Waals surface area (Å²) in [6, 6.07) is 17.9. The Morgan fingerprint density at radius 3 is 2.38 bits per heavy atom. The number of carbonyl (C=O) groups is 2. The van der Waals surface area contributed by atoms with E-state index in [0.717, 1.165) is 22.6 Å². The molecule has 0 spiro atoms. The molecule has 7 nitrogen and oxygen atoms in total. The third-order valence-corrected chi connectivity index (χ3v) is 4.42. The summed E-state index contributed by atoms with van der Waals surface area (Å²) in [5, 5.41) is 6.73. The summed E-state index contributed by atoms with van der Waals surface area (Å²) in [5.41, 5.74) is 7.40. The SMILES string of the molecule is COC(=O)c1ccc(-n2c(C)cc(/C=N\NC(=O)Nc3ccccc3)c2C)cc1. The molecule has 2 N–H and O–H groups in total. The van der Waals surface area contributed by atoms with E-state index in [-0.39, 0.29) is 5.97 Å². The first-order valence-corrected chi connectivity index (χ1v) is 9.02. The zero-order chi connectivity index (χ0) is 20.8. The van der Waals surface area contributed by atoms with Crippen LogP contribution in [0.4, 0.5) is 10.5 Å². The fourth-order valence-electron chi connectivity index (χ4n) is 3.02. The maximum atomic E-state index is 11.9. The van der Waals surface area contributed by atoms with E-state index in [9.17, 15) is 9.59 Å². The van der Waals surface area contributed by atoms with E-state index in [4.69, 9.17) is 4.74 Å². The molecule has 0 radical (unpaired) electrons. The number of methoxy groups -OCH3 is 1. The van der Waals surface area contributed by atoms with E-state index in [2.05, 4.69) is 15.8 Å². The first-order valence-electron chi connectivity index (χ1n) is 9.02. The molecule has 0 unspecified atom stereocenters. The number of para-hydroxylation sites is 1. The molecule has 148 valence electrons. The summed E-state index contributed by atoms with van der Waals surface area (Å²) in [7, 11) is 1.36. The second kappa shape index (κ2) is 8.88. The van der Waals surface area contributed by atoms with Gasteiger partial charge in [-0.05, 0) is 56.3 Å². The van der Waals surface area contributed by atoms with Gasteiger partial charge in [0, 0.05) is 28.3 Å². The molecule has 1 heterocycles. The monoisotopic (exact) mass is 390 g/mol. The molecule has 1 aromatic heterocycles. The number of nitrogens with one attached hydrogen (secondary N) is 2. The molecule has 2 aromatic carbocycles. The van der Waals surface area contributed by atoms with Crippen LogP contribution in [0.1, 0.15) is 27.3 Å². The van der Waals surface area contributed by atoms with Crippen molar-refractivity contribution >= 4 is 23.9 Å². The van der Waals surface area contributed by atoms with Gasteiger partial charge in [-0.1, -0.05) is 18.2 Å². The Balaban J connectivity index is 1.71. The first-order chi connectivity index (χ1) is 14.0. The minimum Gasteiger partial charge on any atom is -0.465 e. The van der Waals surface area contributed by atoms with Gasteiger partial charge in [0.05, 0.1) is 18.9 Å². The summed E-state index contributed by atoms with van der Waals surface area (Å²) < 4.78 is 6.78. The number of ether oxygens (including phenoxy) is 1. The predicted octanol–water partition coefficient (Wildman–Crippen LogP) is 4.04. The van der Waals surface area contributed by atoms with Crippen LogP contribution in [0, 0.1) is 13.8 Å². The van der Waals surface area contributed by atoms with Crippen LogP contribution >= 0.6 is 0 Å². The van der Waals surface area contributed by atoms with Crippen LogP contribution in [0.5, 0.6) is 0 Å². The van der Waals surface area contributed by atoms with Crippen LogP contribution < -0.4 is 10.7 Å². The van der Waals surface area contributed by atoms with Crippen molar-refractivity contribution in [1.82, 2.24) is 9.99 Å². The van der Waals surface area contributed by atoms with Gasteiger partial charge in [0.25, 0.3) is 0 Å². The van der Waals surface area contributed by atoms with E-state index in [1.807, 2.05) is 54.8 Å². The smallest absolute Gasteiger partial charge is 0.339 e. The Morgan fingerprint density at radius 1 is 1.03 bits per heavy atom. The molecule has 7 heteroatoms. The molecule has 0 atom stereocenters. The van der Waals surface area contributed by atoms with Crippen molar-refractivity contribution in [2.45, 2.75) is 13.8 Å². The summed E-state index contributed by atoms with van der Waals surface area (Å²) >= 11 is 0. The Labute approximate surface area is 169 Å². The number of amides is 2. The second-order valence-corrected chi connectivity index (χ2v) is 6.39. The number of rotatable bonds is 5. The lowest BCUT2D eigenvalue weighted by molar-refractivity contribution is 0.0600. The predicted molar refractivity (Wildman–Crippen MR) is 113 cm³/mol. The molecule has 0 aliphatic carbocycles. The molecule has 0 saturated carbocycles. The average Bonchev–Trinajstić information content (AvgIpc) is 3.01. The van der Waals surface area contributed by atoms with Gasteiger partial charge in [-0.3, -0.25) is 0 Å². The van der Waals surface area contributed by atoms with Crippen molar-refractivity contribution in [1.29, 1.82) is 0 Å². The van der Waals surface area contributed by atoms with Crippen LogP contribution in [-0.4, -0.2) is 29.9 Å². The normalized spacial score (nSPS) is 10.7. The molecule has 3 rings (SSSR count). The summed E-state index contributed by atoms with van der Waals surface area (Å²) in [6.45, 7) is 3.95. The molecule has 2 amide bonds. The minimum atomic E-state index is -0.417. The van der Waals surface area contributed by atoms with Gasteiger partial charge in [0.2, 0.25) is 0 Å². The standard InChI is InChI=1S/C22H22N4O3/c1-15-13-18(14-23-25-22(28)24-19-7-5-4-6-8-19)16(2)26(15)20-11-9-17(10-12-20)21(27)29-3/h4-14H,1-3H3,(H2,24,25,28)/b23-14-. The van der Waals surface area contributed by atoms with Gasteiger partial charge in [-0.15, -0.1) is 0 Å². The largest absolute Gasteiger partial charge is 0.465 e. The number of aromatic nitrogens is 1. The van der Waals surface area contributed by atoms with Gasteiger partial charge in [-0.2, -0.15) is 5.10 Å². The van der Waals surface area contributed by atoms with Gasteiger partial charge >= 0.3 is 12.0 Å². The maximum Gasteiger partial charge on any atom is 0.339 e. The van der Waals surface area contributed by atoms with E-state index < -0.39 is 6.03 Å².